The fraction of sp³-hybridized carbons (Fsp3) is 1.00. The Bertz CT molecular complexity index is 199. The van der Waals surface area contributed by atoms with Gasteiger partial charge in [0.1, 0.15) is 0 Å². The maximum Gasteiger partial charge on any atom is 0.0700 e. The Kier molecular flexibility index (Phi) is 10.6. The molecule has 0 aromatic rings. The maximum atomic E-state index is 5.53. The van der Waals surface area contributed by atoms with Crippen molar-refractivity contribution >= 4 is 0 Å². The van der Waals surface area contributed by atoms with Crippen molar-refractivity contribution in [3.63, 3.8) is 0 Å². The minimum Gasteiger partial charge on any atom is -0.382 e. The molecule has 0 aromatic carbocycles. The van der Waals surface area contributed by atoms with E-state index < -0.39 is 0 Å². The Morgan fingerprint density at radius 3 is 2.21 bits per heavy atom. The minimum absolute atomic E-state index is 0.358. The van der Waals surface area contributed by atoms with Gasteiger partial charge in [0.2, 0.25) is 0 Å². The Morgan fingerprint density at radius 2 is 1.68 bits per heavy atom. The number of ether oxygens (including phenoxy) is 2. The van der Waals surface area contributed by atoms with Crippen LogP contribution in [0.3, 0.4) is 0 Å². The molecule has 0 heterocycles. The van der Waals surface area contributed by atoms with Gasteiger partial charge in [-0.1, -0.05) is 34.6 Å². The highest BCUT2D eigenvalue weighted by Crippen LogP contribution is 2.29. The molecule has 116 valence electrons. The molecule has 0 saturated heterocycles. The number of hydrogen-bond donors (Lipinski definition) is 1. The van der Waals surface area contributed by atoms with E-state index in [1.165, 1.54) is 6.42 Å². The number of methoxy groups -OCH3 is 1. The maximum absolute atomic E-state index is 5.53. The molecule has 1 unspecified atom stereocenters. The second-order valence-corrected chi connectivity index (χ2v) is 6.86. The fourth-order valence-electron chi connectivity index (χ4n) is 2.06. The number of nitrogens with one attached hydrogen (secondary N) is 1. The van der Waals surface area contributed by atoms with Gasteiger partial charge < -0.3 is 14.8 Å². The second kappa shape index (κ2) is 10.6. The van der Waals surface area contributed by atoms with E-state index in [1.807, 2.05) is 0 Å². The summed E-state index contributed by atoms with van der Waals surface area (Å²) in [6.07, 6.45) is 2.36. The smallest absolute Gasteiger partial charge is 0.0700 e. The van der Waals surface area contributed by atoms with Gasteiger partial charge >= 0.3 is 0 Å². The molecule has 0 spiro atoms. The zero-order valence-electron chi connectivity index (χ0n) is 13.9. The molecule has 0 amide bonds. The van der Waals surface area contributed by atoms with Crippen LogP contribution >= 0.6 is 0 Å². The lowest BCUT2D eigenvalue weighted by molar-refractivity contribution is 0.0642. The summed E-state index contributed by atoms with van der Waals surface area (Å²) in [4.78, 5) is 0. The number of rotatable bonds is 11. The van der Waals surface area contributed by atoms with Crippen LogP contribution in [0, 0.1) is 17.3 Å². The minimum atomic E-state index is 0.358. The van der Waals surface area contributed by atoms with Gasteiger partial charge in [-0.3, -0.25) is 0 Å². The van der Waals surface area contributed by atoms with Crippen LogP contribution < -0.4 is 5.32 Å². The van der Waals surface area contributed by atoms with Gasteiger partial charge in [-0.25, -0.2) is 0 Å². The Balaban J connectivity index is 3.82. The Labute approximate surface area is 120 Å². The SMILES string of the molecule is COCCOCCCC(CNCC(C)C)C(C)(C)C. The first kappa shape index (κ1) is 18.9. The van der Waals surface area contributed by atoms with Crippen molar-refractivity contribution in [1.29, 1.82) is 0 Å². The first-order valence-electron chi connectivity index (χ1n) is 7.65. The lowest BCUT2D eigenvalue weighted by Crippen LogP contribution is -2.33. The van der Waals surface area contributed by atoms with E-state index >= 15 is 0 Å². The van der Waals surface area contributed by atoms with E-state index in [4.69, 9.17) is 9.47 Å². The molecule has 1 atom stereocenters. The monoisotopic (exact) mass is 273 g/mol. The molecule has 0 rings (SSSR count). The first-order chi connectivity index (χ1) is 8.88. The van der Waals surface area contributed by atoms with Crippen LogP contribution in [0.4, 0.5) is 0 Å². The van der Waals surface area contributed by atoms with Crippen LogP contribution in [0.5, 0.6) is 0 Å². The highest BCUT2D eigenvalue weighted by Gasteiger charge is 2.23. The number of hydrogen-bond acceptors (Lipinski definition) is 3. The van der Waals surface area contributed by atoms with Crippen LogP contribution in [0.2, 0.25) is 0 Å². The van der Waals surface area contributed by atoms with E-state index in [9.17, 15) is 0 Å². The molecule has 0 bridgehead atoms. The van der Waals surface area contributed by atoms with Crippen LogP contribution in [-0.2, 0) is 9.47 Å². The highest BCUT2D eigenvalue weighted by molar-refractivity contribution is 4.76. The normalized spacial score (nSPS) is 14.1. The predicted octanol–water partition coefficient (Wildman–Crippen LogP) is 3.34. The van der Waals surface area contributed by atoms with Gasteiger partial charge in [0, 0.05) is 13.7 Å². The predicted molar refractivity (Wildman–Crippen MR) is 82.6 cm³/mol. The molecule has 0 aliphatic carbocycles. The van der Waals surface area contributed by atoms with E-state index in [0.717, 1.165) is 32.0 Å². The van der Waals surface area contributed by atoms with Gasteiger partial charge in [0.05, 0.1) is 13.2 Å². The Hall–Kier alpha value is -0.120. The van der Waals surface area contributed by atoms with E-state index in [-0.39, 0.29) is 0 Å². The first-order valence-corrected chi connectivity index (χ1v) is 7.65. The van der Waals surface area contributed by atoms with Crippen LogP contribution in [-0.4, -0.2) is 40.0 Å². The summed E-state index contributed by atoms with van der Waals surface area (Å²) < 4.78 is 10.5. The summed E-state index contributed by atoms with van der Waals surface area (Å²) in [5, 5.41) is 3.59. The third-order valence-electron chi connectivity index (χ3n) is 3.44. The molecule has 0 fully saturated rings. The van der Waals surface area contributed by atoms with Gasteiger partial charge in [-0.15, -0.1) is 0 Å². The van der Waals surface area contributed by atoms with Gasteiger partial charge in [-0.05, 0) is 43.2 Å². The van der Waals surface area contributed by atoms with Crippen LogP contribution in [0.15, 0.2) is 0 Å². The lowest BCUT2D eigenvalue weighted by Gasteiger charge is -2.31. The van der Waals surface area contributed by atoms with Crippen molar-refractivity contribution in [2.24, 2.45) is 17.3 Å². The lowest BCUT2D eigenvalue weighted by atomic mass is 9.78. The largest absolute Gasteiger partial charge is 0.382 e. The van der Waals surface area contributed by atoms with Crippen molar-refractivity contribution < 1.29 is 9.47 Å². The molecule has 0 aliphatic rings. The van der Waals surface area contributed by atoms with Gasteiger partial charge in [0.15, 0.2) is 0 Å². The highest BCUT2D eigenvalue weighted by atomic mass is 16.5. The molecule has 0 radical (unpaired) electrons. The zero-order valence-corrected chi connectivity index (χ0v) is 13.9. The summed E-state index contributed by atoms with van der Waals surface area (Å²) in [6.45, 7) is 16.0. The fourth-order valence-corrected chi connectivity index (χ4v) is 2.06. The molecule has 3 heteroatoms. The van der Waals surface area contributed by atoms with Gasteiger partial charge in [0.25, 0.3) is 0 Å². The second-order valence-electron chi connectivity index (χ2n) is 6.86. The topological polar surface area (TPSA) is 30.5 Å². The summed E-state index contributed by atoms with van der Waals surface area (Å²) in [5.41, 5.74) is 0.358. The molecule has 0 saturated carbocycles. The van der Waals surface area contributed by atoms with Crippen LogP contribution in [0.1, 0.15) is 47.5 Å². The summed E-state index contributed by atoms with van der Waals surface area (Å²) in [7, 11) is 1.71. The summed E-state index contributed by atoms with van der Waals surface area (Å²) >= 11 is 0. The van der Waals surface area contributed by atoms with E-state index in [0.29, 0.717) is 24.5 Å². The molecule has 0 aliphatic heterocycles. The van der Waals surface area contributed by atoms with Crippen molar-refractivity contribution in [2.45, 2.75) is 47.5 Å². The molecule has 1 N–H and O–H groups in total. The average Bonchev–Trinajstić information content (AvgIpc) is 2.29. The molecule has 19 heavy (non-hydrogen) atoms. The summed E-state index contributed by atoms with van der Waals surface area (Å²) in [6, 6.07) is 0. The van der Waals surface area contributed by atoms with E-state index in [1.54, 1.807) is 7.11 Å². The molecular formula is C16H35NO2. The third kappa shape index (κ3) is 11.4. The van der Waals surface area contributed by atoms with Crippen LogP contribution in [0.25, 0.3) is 0 Å². The van der Waals surface area contributed by atoms with Crippen molar-refractivity contribution in [2.75, 3.05) is 40.0 Å². The standard InChI is InChI=1S/C16H35NO2/c1-14(2)12-17-13-15(16(3,4)5)8-7-9-19-11-10-18-6/h14-15,17H,7-13H2,1-6H3. The zero-order chi connectivity index (χ0) is 14.7. The average molecular weight is 273 g/mol. The molecule has 3 nitrogen and oxygen atoms in total. The van der Waals surface area contributed by atoms with Gasteiger partial charge in [-0.2, -0.15) is 0 Å². The van der Waals surface area contributed by atoms with Crippen molar-refractivity contribution in [1.82, 2.24) is 5.32 Å². The summed E-state index contributed by atoms with van der Waals surface area (Å²) in [5.74, 6) is 1.43. The van der Waals surface area contributed by atoms with Crippen molar-refractivity contribution in [3.8, 4) is 0 Å². The van der Waals surface area contributed by atoms with Crippen molar-refractivity contribution in [3.05, 3.63) is 0 Å². The third-order valence-corrected chi connectivity index (χ3v) is 3.44. The molecule has 0 aromatic heterocycles. The quantitative estimate of drug-likeness (QED) is 0.586. The Morgan fingerprint density at radius 1 is 1.00 bits per heavy atom. The van der Waals surface area contributed by atoms with E-state index in [2.05, 4.69) is 39.9 Å². The molecular weight excluding hydrogens is 238 g/mol.